The first-order valence-electron chi connectivity index (χ1n) is 8.90. The third-order valence-electron chi connectivity index (χ3n) is 3.96. The van der Waals surface area contributed by atoms with Gasteiger partial charge in [-0.25, -0.2) is 0 Å². The predicted molar refractivity (Wildman–Crippen MR) is 107 cm³/mol. The van der Waals surface area contributed by atoms with Crippen LogP contribution in [0.1, 0.15) is 63.6 Å². The molecular formula is C20H28N4O3. The number of ether oxygens (including phenoxy) is 1. The highest BCUT2D eigenvalue weighted by Crippen LogP contribution is 2.28. The SMILES string of the molecule is COc1ccc(NC(=O)c2cc(C(C)C)n(C(C)(C)C)n2)cc1NC(C)=O. The largest absolute Gasteiger partial charge is 0.495 e. The van der Waals surface area contributed by atoms with Crippen LogP contribution in [0.15, 0.2) is 24.3 Å². The zero-order valence-corrected chi connectivity index (χ0v) is 17.0. The zero-order valence-electron chi connectivity index (χ0n) is 17.0. The van der Waals surface area contributed by atoms with E-state index in [4.69, 9.17) is 4.74 Å². The minimum absolute atomic E-state index is 0.220. The maximum Gasteiger partial charge on any atom is 0.276 e. The molecule has 0 radical (unpaired) electrons. The summed E-state index contributed by atoms with van der Waals surface area (Å²) in [5, 5.41) is 10.0. The van der Waals surface area contributed by atoms with Crippen LogP contribution < -0.4 is 15.4 Å². The molecule has 0 aliphatic carbocycles. The summed E-state index contributed by atoms with van der Waals surface area (Å²) in [5.74, 6) is 0.231. The molecule has 0 aliphatic rings. The van der Waals surface area contributed by atoms with Gasteiger partial charge in [0.2, 0.25) is 5.91 Å². The number of benzene rings is 1. The van der Waals surface area contributed by atoms with Crippen LogP contribution >= 0.6 is 0 Å². The van der Waals surface area contributed by atoms with E-state index in [0.29, 0.717) is 22.8 Å². The third kappa shape index (κ3) is 4.87. The van der Waals surface area contributed by atoms with Crippen LogP contribution in [-0.2, 0) is 10.3 Å². The summed E-state index contributed by atoms with van der Waals surface area (Å²) in [6.45, 7) is 11.7. The lowest BCUT2D eigenvalue weighted by Crippen LogP contribution is -2.26. The summed E-state index contributed by atoms with van der Waals surface area (Å²) in [7, 11) is 1.52. The number of aromatic nitrogens is 2. The van der Waals surface area contributed by atoms with Gasteiger partial charge in [0, 0.05) is 18.3 Å². The van der Waals surface area contributed by atoms with Crippen LogP contribution in [-0.4, -0.2) is 28.7 Å². The highest BCUT2D eigenvalue weighted by molar-refractivity contribution is 6.03. The Morgan fingerprint density at radius 2 is 1.81 bits per heavy atom. The van der Waals surface area contributed by atoms with Crippen LogP contribution in [0.5, 0.6) is 5.75 Å². The van der Waals surface area contributed by atoms with E-state index in [-0.39, 0.29) is 23.3 Å². The number of hydrogen-bond donors (Lipinski definition) is 2. The van der Waals surface area contributed by atoms with Crippen molar-refractivity contribution in [1.82, 2.24) is 9.78 Å². The topological polar surface area (TPSA) is 85.2 Å². The molecule has 7 nitrogen and oxygen atoms in total. The molecule has 2 aromatic rings. The van der Waals surface area contributed by atoms with E-state index in [0.717, 1.165) is 5.69 Å². The standard InChI is InChI=1S/C20H28N4O3/c1-12(2)17-11-16(23-24(17)20(4,5)6)19(26)22-14-8-9-18(27-7)15(10-14)21-13(3)25/h8-12H,1-7H3,(H,21,25)(H,22,26). The third-order valence-corrected chi connectivity index (χ3v) is 3.96. The number of methoxy groups -OCH3 is 1. The molecule has 1 aromatic carbocycles. The Labute approximate surface area is 160 Å². The van der Waals surface area contributed by atoms with Gasteiger partial charge < -0.3 is 15.4 Å². The lowest BCUT2D eigenvalue weighted by molar-refractivity contribution is -0.114. The normalized spacial score (nSPS) is 11.4. The number of rotatable bonds is 5. The second-order valence-electron chi connectivity index (χ2n) is 7.74. The number of amides is 2. The van der Waals surface area contributed by atoms with E-state index in [9.17, 15) is 9.59 Å². The van der Waals surface area contributed by atoms with Crippen LogP contribution in [0.2, 0.25) is 0 Å². The molecule has 146 valence electrons. The number of nitrogens with one attached hydrogen (secondary N) is 2. The van der Waals surface area contributed by atoms with Crippen molar-refractivity contribution in [2.45, 2.75) is 53.0 Å². The van der Waals surface area contributed by atoms with Crippen LogP contribution in [0.3, 0.4) is 0 Å². The Morgan fingerprint density at radius 1 is 1.15 bits per heavy atom. The number of anilines is 2. The molecule has 0 bridgehead atoms. The number of hydrogen-bond acceptors (Lipinski definition) is 4. The van der Waals surface area contributed by atoms with Gasteiger partial charge in [-0.05, 0) is 51.0 Å². The van der Waals surface area contributed by atoms with Crippen molar-refractivity contribution < 1.29 is 14.3 Å². The smallest absolute Gasteiger partial charge is 0.276 e. The van der Waals surface area contributed by atoms with Gasteiger partial charge in [-0.1, -0.05) is 13.8 Å². The van der Waals surface area contributed by atoms with Crippen molar-refractivity contribution in [3.8, 4) is 5.75 Å². The Bertz CT molecular complexity index is 847. The highest BCUT2D eigenvalue weighted by atomic mass is 16.5. The van der Waals surface area contributed by atoms with Gasteiger partial charge in [0.25, 0.3) is 5.91 Å². The van der Waals surface area contributed by atoms with Gasteiger partial charge in [0.15, 0.2) is 5.69 Å². The van der Waals surface area contributed by atoms with Gasteiger partial charge in [-0.15, -0.1) is 0 Å². The zero-order chi connectivity index (χ0) is 20.4. The fraction of sp³-hybridized carbons (Fsp3) is 0.450. The van der Waals surface area contributed by atoms with Gasteiger partial charge in [0.05, 0.1) is 18.3 Å². The molecule has 0 aliphatic heterocycles. The highest BCUT2D eigenvalue weighted by Gasteiger charge is 2.23. The molecule has 2 rings (SSSR count). The molecule has 0 fully saturated rings. The summed E-state index contributed by atoms with van der Waals surface area (Å²) in [6, 6.07) is 6.88. The Morgan fingerprint density at radius 3 is 2.30 bits per heavy atom. The average molecular weight is 372 g/mol. The van der Waals surface area contributed by atoms with Crippen molar-refractivity contribution in [1.29, 1.82) is 0 Å². The Kier molecular flexibility index (Phi) is 5.93. The quantitative estimate of drug-likeness (QED) is 0.831. The van der Waals surface area contributed by atoms with E-state index in [2.05, 4.69) is 50.4 Å². The molecular weight excluding hydrogens is 344 g/mol. The lowest BCUT2D eigenvalue weighted by Gasteiger charge is -2.23. The van der Waals surface area contributed by atoms with Crippen molar-refractivity contribution >= 4 is 23.2 Å². The minimum atomic E-state index is -0.307. The predicted octanol–water partition coefficient (Wildman–Crippen LogP) is 3.98. The summed E-state index contributed by atoms with van der Waals surface area (Å²) in [6.07, 6.45) is 0. The molecule has 7 heteroatoms. The van der Waals surface area contributed by atoms with Gasteiger partial charge in [-0.3, -0.25) is 14.3 Å². The summed E-state index contributed by atoms with van der Waals surface area (Å²) >= 11 is 0. The summed E-state index contributed by atoms with van der Waals surface area (Å²) < 4.78 is 7.12. The van der Waals surface area contributed by atoms with Crippen LogP contribution in [0.25, 0.3) is 0 Å². The van der Waals surface area contributed by atoms with E-state index >= 15 is 0 Å². The van der Waals surface area contributed by atoms with Crippen molar-refractivity contribution in [3.63, 3.8) is 0 Å². The second kappa shape index (κ2) is 7.82. The first-order chi connectivity index (χ1) is 12.5. The van der Waals surface area contributed by atoms with E-state index in [1.165, 1.54) is 14.0 Å². The van der Waals surface area contributed by atoms with Crippen molar-refractivity contribution in [2.24, 2.45) is 0 Å². The van der Waals surface area contributed by atoms with Gasteiger partial charge in [-0.2, -0.15) is 5.10 Å². The Balaban J connectivity index is 2.31. The minimum Gasteiger partial charge on any atom is -0.495 e. The maximum atomic E-state index is 12.7. The van der Waals surface area contributed by atoms with Gasteiger partial charge in [0.1, 0.15) is 5.75 Å². The number of carbonyl (C=O) groups excluding carboxylic acids is 2. The number of nitrogens with zero attached hydrogens (tertiary/aromatic N) is 2. The number of carbonyl (C=O) groups is 2. The van der Waals surface area contributed by atoms with Crippen molar-refractivity contribution in [2.75, 3.05) is 17.7 Å². The molecule has 1 heterocycles. The first kappa shape index (κ1) is 20.5. The first-order valence-corrected chi connectivity index (χ1v) is 8.90. The molecule has 1 aromatic heterocycles. The summed E-state index contributed by atoms with van der Waals surface area (Å²) in [5.41, 5.74) is 2.16. The lowest BCUT2D eigenvalue weighted by atomic mass is 10.1. The van der Waals surface area contributed by atoms with E-state index < -0.39 is 0 Å². The molecule has 0 saturated heterocycles. The maximum absolute atomic E-state index is 12.7. The summed E-state index contributed by atoms with van der Waals surface area (Å²) in [4.78, 5) is 24.1. The van der Waals surface area contributed by atoms with E-state index in [1.807, 2.05) is 10.7 Å². The van der Waals surface area contributed by atoms with E-state index in [1.54, 1.807) is 18.2 Å². The monoisotopic (exact) mass is 372 g/mol. The Hall–Kier alpha value is -2.83. The molecule has 0 spiro atoms. The van der Waals surface area contributed by atoms with Gasteiger partial charge >= 0.3 is 0 Å². The molecule has 0 saturated carbocycles. The molecule has 0 unspecified atom stereocenters. The molecule has 27 heavy (non-hydrogen) atoms. The fourth-order valence-corrected chi connectivity index (χ4v) is 2.72. The molecule has 2 amide bonds. The molecule has 0 atom stereocenters. The van der Waals surface area contributed by atoms with Crippen LogP contribution in [0, 0.1) is 0 Å². The second-order valence-corrected chi connectivity index (χ2v) is 7.74. The average Bonchev–Trinajstić information content (AvgIpc) is 3.00. The fourth-order valence-electron chi connectivity index (χ4n) is 2.72. The van der Waals surface area contributed by atoms with Crippen LogP contribution in [0.4, 0.5) is 11.4 Å². The van der Waals surface area contributed by atoms with Crippen molar-refractivity contribution in [3.05, 3.63) is 35.7 Å². The molecule has 2 N–H and O–H groups in total.